The van der Waals surface area contributed by atoms with Gasteiger partial charge in [-0.25, -0.2) is 0 Å². The van der Waals surface area contributed by atoms with Crippen LogP contribution < -0.4 is 5.32 Å². The van der Waals surface area contributed by atoms with E-state index in [1.54, 1.807) is 0 Å². The van der Waals surface area contributed by atoms with Gasteiger partial charge in [0, 0.05) is 10.9 Å². The predicted molar refractivity (Wildman–Crippen MR) is 74.2 cm³/mol. The van der Waals surface area contributed by atoms with Gasteiger partial charge in [-0.05, 0) is 43.3 Å². The van der Waals surface area contributed by atoms with Crippen molar-refractivity contribution in [1.29, 1.82) is 0 Å². The number of unbranched alkanes of at least 4 members (excludes halogenated alkanes) is 1. The second-order valence-electron chi connectivity index (χ2n) is 4.05. The lowest BCUT2D eigenvalue weighted by atomic mass is 10.1. The highest BCUT2D eigenvalue weighted by Crippen LogP contribution is 2.21. The first-order chi connectivity index (χ1) is 7.77. The van der Waals surface area contributed by atoms with Crippen molar-refractivity contribution in [2.24, 2.45) is 0 Å². The van der Waals surface area contributed by atoms with Crippen molar-refractivity contribution in [2.75, 3.05) is 12.3 Å². The van der Waals surface area contributed by atoms with Gasteiger partial charge in [0.15, 0.2) is 0 Å². The highest BCUT2D eigenvalue weighted by molar-refractivity contribution is 7.99. The van der Waals surface area contributed by atoms with Crippen molar-refractivity contribution >= 4 is 11.8 Å². The Morgan fingerprint density at radius 3 is 2.44 bits per heavy atom. The van der Waals surface area contributed by atoms with Gasteiger partial charge < -0.3 is 5.32 Å². The summed E-state index contributed by atoms with van der Waals surface area (Å²) in [7, 11) is 0. The maximum absolute atomic E-state index is 3.43. The van der Waals surface area contributed by atoms with Crippen LogP contribution in [0.1, 0.15) is 45.2 Å². The molecule has 0 aliphatic heterocycles. The van der Waals surface area contributed by atoms with Crippen LogP contribution in [0.2, 0.25) is 0 Å². The van der Waals surface area contributed by atoms with Gasteiger partial charge >= 0.3 is 0 Å². The lowest BCUT2D eigenvalue weighted by molar-refractivity contribution is 0.598. The Hall–Kier alpha value is -0.470. The third-order valence-corrected chi connectivity index (χ3v) is 3.76. The third kappa shape index (κ3) is 4.58. The first-order valence-corrected chi connectivity index (χ1v) is 7.22. The van der Waals surface area contributed by atoms with Crippen molar-refractivity contribution in [3.05, 3.63) is 29.8 Å². The van der Waals surface area contributed by atoms with Gasteiger partial charge in [0.2, 0.25) is 0 Å². The van der Waals surface area contributed by atoms with Crippen LogP contribution in [-0.4, -0.2) is 12.3 Å². The zero-order valence-corrected chi connectivity index (χ0v) is 11.4. The SMILES string of the molecule is CCCCSc1ccc(C(C)NCC)cc1. The fourth-order valence-corrected chi connectivity index (χ4v) is 2.61. The van der Waals surface area contributed by atoms with Gasteiger partial charge in [0.1, 0.15) is 0 Å². The Morgan fingerprint density at radius 1 is 1.19 bits per heavy atom. The normalized spacial score (nSPS) is 12.7. The predicted octanol–water partition coefficient (Wildman–Crippen LogP) is 4.25. The van der Waals surface area contributed by atoms with Crippen molar-refractivity contribution in [1.82, 2.24) is 5.32 Å². The molecule has 0 aliphatic rings. The van der Waals surface area contributed by atoms with Crippen LogP contribution in [0.3, 0.4) is 0 Å². The van der Waals surface area contributed by atoms with Crippen LogP contribution in [0.15, 0.2) is 29.2 Å². The summed E-state index contributed by atoms with van der Waals surface area (Å²) >= 11 is 1.96. The molecule has 0 spiro atoms. The van der Waals surface area contributed by atoms with Gasteiger partial charge in [-0.2, -0.15) is 0 Å². The summed E-state index contributed by atoms with van der Waals surface area (Å²) in [4.78, 5) is 1.39. The molecule has 0 radical (unpaired) electrons. The first kappa shape index (κ1) is 13.6. The van der Waals surface area contributed by atoms with Crippen LogP contribution in [0.5, 0.6) is 0 Å². The van der Waals surface area contributed by atoms with Crippen molar-refractivity contribution in [3.8, 4) is 0 Å². The summed E-state index contributed by atoms with van der Waals surface area (Å²) in [5.74, 6) is 1.23. The Morgan fingerprint density at radius 2 is 1.88 bits per heavy atom. The molecule has 16 heavy (non-hydrogen) atoms. The van der Waals surface area contributed by atoms with E-state index in [1.807, 2.05) is 11.8 Å². The second kappa shape index (κ2) is 7.75. The number of hydrogen-bond acceptors (Lipinski definition) is 2. The summed E-state index contributed by atoms with van der Waals surface area (Å²) in [6.45, 7) is 7.62. The van der Waals surface area contributed by atoms with E-state index in [0.717, 1.165) is 6.54 Å². The molecule has 1 nitrogen and oxygen atoms in total. The molecule has 1 aromatic carbocycles. The highest BCUT2D eigenvalue weighted by Gasteiger charge is 2.02. The van der Waals surface area contributed by atoms with E-state index >= 15 is 0 Å². The smallest absolute Gasteiger partial charge is 0.0291 e. The molecule has 1 aromatic rings. The summed E-state index contributed by atoms with van der Waals surface area (Å²) < 4.78 is 0. The zero-order valence-electron chi connectivity index (χ0n) is 10.6. The van der Waals surface area contributed by atoms with Crippen LogP contribution >= 0.6 is 11.8 Å². The summed E-state index contributed by atoms with van der Waals surface area (Å²) in [5, 5.41) is 3.43. The Bertz CT molecular complexity index is 281. The van der Waals surface area contributed by atoms with Crippen LogP contribution in [0.25, 0.3) is 0 Å². The van der Waals surface area contributed by atoms with Crippen LogP contribution in [0.4, 0.5) is 0 Å². The monoisotopic (exact) mass is 237 g/mol. The van der Waals surface area contributed by atoms with Gasteiger partial charge in [0.25, 0.3) is 0 Å². The molecule has 0 bridgehead atoms. The quantitative estimate of drug-likeness (QED) is 0.562. The molecular formula is C14H23NS. The van der Waals surface area contributed by atoms with E-state index in [1.165, 1.54) is 29.1 Å². The number of benzene rings is 1. The summed E-state index contributed by atoms with van der Waals surface area (Å²) in [6, 6.07) is 9.41. The second-order valence-corrected chi connectivity index (χ2v) is 5.22. The van der Waals surface area contributed by atoms with Crippen molar-refractivity contribution in [2.45, 2.75) is 44.6 Å². The molecule has 2 heteroatoms. The van der Waals surface area contributed by atoms with Gasteiger partial charge in [0.05, 0.1) is 0 Å². The molecule has 0 heterocycles. The molecule has 90 valence electrons. The van der Waals surface area contributed by atoms with E-state index in [4.69, 9.17) is 0 Å². The van der Waals surface area contributed by atoms with Gasteiger partial charge in [-0.15, -0.1) is 11.8 Å². The number of rotatable bonds is 7. The van der Waals surface area contributed by atoms with Crippen molar-refractivity contribution in [3.63, 3.8) is 0 Å². The Kier molecular flexibility index (Phi) is 6.58. The molecule has 1 unspecified atom stereocenters. The minimum Gasteiger partial charge on any atom is -0.310 e. The molecule has 0 aromatic heterocycles. The number of hydrogen-bond donors (Lipinski definition) is 1. The van der Waals surface area contributed by atoms with Gasteiger partial charge in [-0.1, -0.05) is 32.4 Å². The number of nitrogens with one attached hydrogen (secondary N) is 1. The maximum atomic E-state index is 3.43. The summed E-state index contributed by atoms with van der Waals surface area (Å²) in [6.07, 6.45) is 2.59. The topological polar surface area (TPSA) is 12.0 Å². The van der Waals surface area contributed by atoms with Gasteiger partial charge in [-0.3, -0.25) is 0 Å². The fourth-order valence-electron chi connectivity index (χ4n) is 1.61. The molecule has 0 aliphatic carbocycles. The molecule has 1 rings (SSSR count). The Labute approximate surface area is 104 Å². The maximum Gasteiger partial charge on any atom is 0.0291 e. The molecule has 0 saturated heterocycles. The van der Waals surface area contributed by atoms with Crippen LogP contribution in [-0.2, 0) is 0 Å². The lowest BCUT2D eigenvalue weighted by Gasteiger charge is -2.12. The average Bonchev–Trinajstić information content (AvgIpc) is 2.30. The van der Waals surface area contributed by atoms with E-state index in [0.29, 0.717) is 6.04 Å². The molecule has 0 amide bonds. The lowest BCUT2D eigenvalue weighted by Crippen LogP contribution is -2.17. The van der Waals surface area contributed by atoms with E-state index in [9.17, 15) is 0 Å². The summed E-state index contributed by atoms with van der Waals surface area (Å²) in [5.41, 5.74) is 1.38. The molecule has 1 atom stereocenters. The highest BCUT2D eigenvalue weighted by atomic mass is 32.2. The average molecular weight is 237 g/mol. The number of thioether (sulfide) groups is 1. The zero-order chi connectivity index (χ0) is 11.8. The molecule has 0 fully saturated rings. The Balaban J connectivity index is 2.47. The standard InChI is InChI=1S/C14H23NS/c1-4-6-11-16-14-9-7-13(8-10-14)12(3)15-5-2/h7-10,12,15H,4-6,11H2,1-3H3. The van der Waals surface area contributed by atoms with E-state index in [-0.39, 0.29) is 0 Å². The molecule has 0 saturated carbocycles. The molecule has 1 N–H and O–H groups in total. The minimum atomic E-state index is 0.458. The fraction of sp³-hybridized carbons (Fsp3) is 0.571. The van der Waals surface area contributed by atoms with E-state index in [2.05, 4.69) is 50.4 Å². The molecular weight excluding hydrogens is 214 g/mol. The van der Waals surface area contributed by atoms with Crippen LogP contribution in [0, 0.1) is 0 Å². The largest absolute Gasteiger partial charge is 0.310 e. The minimum absolute atomic E-state index is 0.458. The van der Waals surface area contributed by atoms with Crippen molar-refractivity contribution < 1.29 is 0 Å². The first-order valence-electron chi connectivity index (χ1n) is 6.24. The van der Waals surface area contributed by atoms with E-state index < -0.39 is 0 Å². The third-order valence-electron chi connectivity index (χ3n) is 2.66.